The summed E-state index contributed by atoms with van der Waals surface area (Å²) >= 11 is 12.4. The van der Waals surface area contributed by atoms with Crippen molar-refractivity contribution in [2.75, 3.05) is 7.05 Å². The summed E-state index contributed by atoms with van der Waals surface area (Å²) in [6.07, 6.45) is 0. The summed E-state index contributed by atoms with van der Waals surface area (Å²) in [6, 6.07) is 17.2. The molecule has 0 saturated carbocycles. The van der Waals surface area contributed by atoms with Crippen LogP contribution in [0.3, 0.4) is 0 Å². The zero-order valence-corrected chi connectivity index (χ0v) is 14.3. The lowest BCUT2D eigenvalue weighted by molar-refractivity contribution is 0.313. The van der Waals surface area contributed by atoms with Crippen LogP contribution in [-0.4, -0.2) is 17.1 Å². The van der Waals surface area contributed by atoms with Crippen molar-refractivity contribution >= 4 is 34.0 Å². The second-order valence-corrected chi connectivity index (χ2v) is 6.56. The smallest absolute Gasteiger partial charge is 0.127 e. The van der Waals surface area contributed by atoms with Crippen LogP contribution in [0.15, 0.2) is 54.6 Å². The zero-order chi connectivity index (χ0) is 16.4. The lowest BCUT2D eigenvalue weighted by Gasteiger charge is -2.19. The van der Waals surface area contributed by atoms with Gasteiger partial charge in [0, 0.05) is 39.5 Å². The van der Waals surface area contributed by atoms with Crippen molar-refractivity contribution in [1.29, 1.82) is 0 Å². The molecule has 0 atom stereocenters. The summed E-state index contributed by atoms with van der Waals surface area (Å²) in [5.41, 5.74) is 1.95. The molecular formula is C19H17Cl2NO. The van der Waals surface area contributed by atoms with E-state index < -0.39 is 0 Å². The van der Waals surface area contributed by atoms with Crippen LogP contribution < -0.4 is 0 Å². The molecule has 0 unspecified atom stereocenters. The average Bonchev–Trinajstić information content (AvgIpc) is 2.52. The van der Waals surface area contributed by atoms with E-state index in [1.54, 1.807) is 0 Å². The molecule has 3 rings (SSSR count). The van der Waals surface area contributed by atoms with Gasteiger partial charge in [-0.2, -0.15) is 0 Å². The standard InChI is InChI=1S/C19H17Cl2NO/c1-22(11-13-5-4-6-15(20)9-13)12-14-10-18(21)16-7-2-3-8-17(16)19(14)23/h2-10,23H,11-12H2,1H3. The fourth-order valence-corrected chi connectivity index (χ4v) is 3.29. The summed E-state index contributed by atoms with van der Waals surface area (Å²) in [6.45, 7) is 1.34. The first-order valence-corrected chi connectivity index (χ1v) is 8.12. The number of aromatic hydroxyl groups is 1. The Morgan fingerprint density at radius 2 is 1.65 bits per heavy atom. The number of phenolic OH excluding ortho intramolecular Hbond substituents is 1. The minimum absolute atomic E-state index is 0.294. The SMILES string of the molecule is CN(Cc1cccc(Cl)c1)Cc1cc(Cl)c2ccccc2c1O. The van der Waals surface area contributed by atoms with Crippen LogP contribution in [0.4, 0.5) is 0 Å². The van der Waals surface area contributed by atoms with Crippen molar-refractivity contribution in [3.05, 3.63) is 75.8 Å². The van der Waals surface area contributed by atoms with Gasteiger partial charge < -0.3 is 5.11 Å². The average molecular weight is 346 g/mol. The minimum Gasteiger partial charge on any atom is -0.507 e. The van der Waals surface area contributed by atoms with Crippen molar-refractivity contribution in [2.45, 2.75) is 13.1 Å². The zero-order valence-electron chi connectivity index (χ0n) is 12.8. The molecule has 0 amide bonds. The first kappa shape index (κ1) is 16.1. The molecule has 0 aromatic heterocycles. The van der Waals surface area contributed by atoms with Crippen molar-refractivity contribution in [1.82, 2.24) is 4.90 Å². The van der Waals surface area contributed by atoms with Crippen molar-refractivity contribution < 1.29 is 5.11 Å². The second-order valence-electron chi connectivity index (χ2n) is 5.71. The van der Waals surface area contributed by atoms with E-state index in [0.29, 0.717) is 17.3 Å². The Balaban J connectivity index is 1.85. The van der Waals surface area contributed by atoms with Crippen LogP contribution >= 0.6 is 23.2 Å². The molecule has 3 aromatic rings. The fraction of sp³-hybridized carbons (Fsp3) is 0.158. The maximum atomic E-state index is 10.5. The van der Waals surface area contributed by atoms with E-state index in [1.807, 2.05) is 61.6 Å². The number of benzene rings is 3. The lowest BCUT2D eigenvalue weighted by atomic mass is 10.0. The van der Waals surface area contributed by atoms with Crippen LogP contribution in [-0.2, 0) is 13.1 Å². The summed E-state index contributed by atoms with van der Waals surface area (Å²) in [5.74, 6) is 0.294. The van der Waals surface area contributed by atoms with Gasteiger partial charge in [0.25, 0.3) is 0 Å². The number of hydrogen-bond acceptors (Lipinski definition) is 2. The Hall–Kier alpha value is -1.74. The van der Waals surface area contributed by atoms with E-state index in [9.17, 15) is 5.11 Å². The number of nitrogens with zero attached hydrogens (tertiary/aromatic N) is 1. The number of fused-ring (bicyclic) bond motifs is 1. The number of halogens is 2. The van der Waals surface area contributed by atoms with Crippen molar-refractivity contribution in [3.8, 4) is 5.75 Å². The predicted octanol–water partition coefficient (Wildman–Crippen LogP) is 5.48. The molecule has 0 heterocycles. The van der Waals surface area contributed by atoms with Gasteiger partial charge >= 0.3 is 0 Å². The summed E-state index contributed by atoms with van der Waals surface area (Å²) in [5, 5.41) is 13.6. The highest BCUT2D eigenvalue weighted by Crippen LogP contribution is 2.34. The van der Waals surface area contributed by atoms with Crippen LogP contribution in [0.2, 0.25) is 10.0 Å². The molecule has 118 valence electrons. The Bertz CT molecular complexity index is 848. The number of phenols is 1. The molecular weight excluding hydrogens is 329 g/mol. The van der Waals surface area contributed by atoms with Gasteiger partial charge in [-0.15, -0.1) is 0 Å². The predicted molar refractivity (Wildman–Crippen MR) is 97.2 cm³/mol. The molecule has 0 spiro atoms. The van der Waals surface area contributed by atoms with Crippen LogP contribution in [0.1, 0.15) is 11.1 Å². The molecule has 0 fully saturated rings. The molecule has 0 bridgehead atoms. The summed E-state index contributed by atoms with van der Waals surface area (Å²) in [7, 11) is 2.00. The van der Waals surface area contributed by atoms with Gasteiger partial charge in [0.15, 0.2) is 0 Å². The molecule has 0 radical (unpaired) electrons. The summed E-state index contributed by atoms with van der Waals surface area (Å²) < 4.78 is 0. The lowest BCUT2D eigenvalue weighted by Crippen LogP contribution is -2.17. The second kappa shape index (κ2) is 6.79. The minimum atomic E-state index is 0.294. The Morgan fingerprint density at radius 1 is 0.913 bits per heavy atom. The third-order valence-electron chi connectivity index (χ3n) is 3.83. The maximum Gasteiger partial charge on any atom is 0.127 e. The Morgan fingerprint density at radius 3 is 2.39 bits per heavy atom. The highest BCUT2D eigenvalue weighted by atomic mass is 35.5. The monoisotopic (exact) mass is 345 g/mol. The van der Waals surface area contributed by atoms with Gasteiger partial charge in [-0.3, -0.25) is 4.90 Å². The molecule has 23 heavy (non-hydrogen) atoms. The number of rotatable bonds is 4. The van der Waals surface area contributed by atoms with Gasteiger partial charge in [-0.25, -0.2) is 0 Å². The van der Waals surface area contributed by atoms with Crippen molar-refractivity contribution in [2.24, 2.45) is 0 Å². The van der Waals surface area contributed by atoms with E-state index >= 15 is 0 Å². The van der Waals surface area contributed by atoms with Crippen LogP contribution in [0, 0.1) is 0 Å². The van der Waals surface area contributed by atoms with Crippen molar-refractivity contribution in [3.63, 3.8) is 0 Å². The normalized spacial score (nSPS) is 11.3. The molecule has 3 aromatic carbocycles. The van der Waals surface area contributed by atoms with Gasteiger partial charge in [0.1, 0.15) is 5.75 Å². The highest BCUT2D eigenvalue weighted by molar-refractivity contribution is 6.35. The quantitative estimate of drug-likeness (QED) is 0.676. The van der Waals surface area contributed by atoms with Crippen LogP contribution in [0.25, 0.3) is 10.8 Å². The number of hydrogen-bond donors (Lipinski definition) is 1. The largest absolute Gasteiger partial charge is 0.507 e. The molecule has 4 heteroatoms. The third kappa shape index (κ3) is 3.61. The highest BCUT2D eigenvalue weighted by Gasteiger charge is 2.12. The Kier molecular flexibility index (Phi) is 4.76. The van der Waals surface area contributed by atoms with Gasteiger partial charge in [-0.05, 0) is 30.8 Å². The Labute approximate surface area is 145 Å². The molecule has 0 aliphatic rings. The van der Waals surface area contributed by atoms with E-state index in [4.69, 9.17) is 23.2 Å². The molecule has 2 nitrogen and oxygen atoms in total. The topological polar surface area (TPSA) is 23.5 Å². The summed E-state index contributed by atoms with van der Waals surface area (Å²) in [4.78, 5) is 2.12. The van der Waals surface area contributed by atoms with E-state index in [-0.39, 0.29) is 0 Å². The van der Waals surface area contributed by atoms with Gasteiger partial charge in [0.2, 0.25) is 0 Å². The van der Waals surface area contributed by atoms with Gasteiger partial charge in [0.05, 0.1) is 0 Å². The van der Waals surface area contributed by atoms with Gasteiger partial charge in [-0.1, -0.05) is 59.6 Å². The molecule has 0 aliphatic heterocycles. The maximum absolute atomic E-state index is 10.5. The van der Waals surface area contributed by atoms with E-state index in [2.05, 4.69) is 4.90 Å². The molecule has 1 N–H and O–H groups in total. The van der Waals surface area contributed by atoms with E-state index in [0.717, 1.165) is 33.5 Å². The van der Waals surface area contributed by atoms with Crippen LogP contribution in [0.5, 0.6) is 5.75 Å². The molecule has 0 saturated heterocycles. The third-order valence-corrected chi connectivity index (χ3v) is 4.37. The van der Waals surface area contributed by atoms with E-state index in [1.165, 1.54) is 0 Å². The fourth-order valence-electron chi connectivity index (χ4n) is 2.78. The molecule has 0 aliphatic carbocycles. The first-order chi connectivity index (χ1) is 11.0. The first-order valence-electron chi connectivity index (χ1n) is 7.36.